The molecule has 1 aromatic heterocycles. The van der Waals surface area contributed by atoms with E-state index in [1.54, 1.807) is 29.8 Å². The van der Waals surface area contributed by atoms with Gasteiger partial charge in [-0.25, -0.2) is 0 Å². The molecule has 0 radical (unpaired) electrons. The molecule has 1 atom stereocenters. The number of ether oxygens (including phenoxy) is 2. The number of amides is 1. The van der Waals surface area contributed by atoms with Gasteiger partial charge in [-0.15, -0.1) is 11.8 Å². The average molecular weight is 431 g/mol. The molecule has 0 aliphatic carbocycles. The van der Waals surface area contributed by atoms with Crippen molar-refractivity contribution in [3.8, 4) is 11.5 Å². The van der Waals surface area contributed by atoms with E-state index in [2.05, 4.69) is 5.32 Å². The second kappa shape index (κ2) is 8.39. The number of nitrogens with one attached hydrogen (secondary N) is 1. The van der Waals surface area contributed by atoms with Gasteiger partial charge in [0.1, 0.15) is 12.7 Å². The summed E-state index contributed by atoms with van der Waals surface area (Å²) in [4.78, 5) is 25.3. The Morgan fingerprint density at radius 1 is 1.24 bits per heavy atom. The van der Waals surface area contributed by atoms with Crippen molar-refractivity contribution in [3.63, 3.8) is 0 Å². The number of hydrogen-bond donors (Lipinski definition) is 1. The first-order valence-corrected chi connectivity index (χ1v) is 10.4. The van der Waals surface area contributed by atoms with Gasteiger partial charge in [-0.2, -0.15) is 0 Å². The summed E-state index contributed by atoms with van der Waals surface area (Å²) in [5.41, 5.74) is 0.591. The maximum Gasteiger partial charge on any atom is 0.251 e. The van der Waals surface area contributed by atoms with Crippen LogP contribution in [0.5, 0.6) is 11.5 Å². The third-order valence-electron chi connectivity index (χ3n) is 4.62. The highest BCUT2D eigenvalue weighted by atomic mass is 35.5. The molecule has 3 aromatic rings. The van der Waals surface area contributed by atoms with Crippen molar-refractivity contribution in [2.75, 3.05) is 18.9 Å². The summed E-state index contributed by atoms with van der Waals surface area (Å²) in [5, 5.41) is 4.31. The number of nitrogens with zero attached hydrogens (tertiary/aromatic N) is 1. The van der Waals surface area contributed by atoms with Crippen molar-refractivity contribution in [2.45, 2.75) is 11.0 Å². The van der Waals surface area contributed by atoms with E-state index in [9.17, 15) is 9.59 Å². The summed E-state index contributed by atoms with van der Waals surface area (Å²) in [7, 11) is 1.70. The van der Waals surface area contributed by atoms with Crippen LogP contribution in [0, 0.1) is 0 Å². The molecule has 150 valence electrons. The third-order valence-corrected chi connectivity index (χ3v) is 5.92. The molecule has 0 saturated heterocycles. The van der Waals surface area contributed by atoms with E-state index in [1.807, 2.05) is 30.3 Å². The van der Waals surface area contributed by atoms with Crippen LogP contribution >= 0.6 is 23.4 Å². The molecule has 0 fully saturated rings. The van der Waals surface area contributed by atoms with Crippen molar-refractivity contribution in [2.24, 2.45) is 7.05 Å². The first kappa shape index (κ1) is 19.7. The molecule has 2 aromatic carbocycles. The molecular weight excluding hydrogens is 412 g/mol. The number of para-hydroxylation sites is 2. The second-order valence-electron chi connectivity index (χ2n) is 6.66. The number of aromatic nitrogens is 1. The predicted molar refractivity (Wildman–Crippen MR) is 114 cm³/mol. The SMILES string of the molecule is Cn1c(=O)cc(SCC(=O)NC[C@@H]2COc3ccccc3O2)c2ccc(Cl)cc21. The Labute approximate surface area is 176 Å². The van der Waals surface area contributed by atoms with Gasteiger partial charge >= 0.3 is 0 Å². The molecule has 29 heavy (non-hydrogen) atoms. The fourth-order valence-electron chi connectivity index (χ4n) is 3.10. The van der Waals surface area contributed by atoms with Gasteiger partial charge < -0.3 is 19.4 Å². The lowest BCUT2D eigenvalue weighted by molar-refractivity contribution is -0.119. The number of hydrogen-bond acceptors (Lipinski definition) is 5. The summed E-state index contributed by atoms with van der Waals surface area (Å²) in [6, 6.07) is 14.4. The standard InChI is InChI=1S/C21H19ClN2O4S/c1-24-16-8-13(22)6-7-15(16)19(9-21(24)26)29-12-20(25)23-10-14-11-27-17-4-2-3-5-18(17)28-14/h2-9,14H,10-12H2,1H3,(H,23,25)/t14-/m1/s1. The number of carbonyl (C=O) groups is 1. The molecule has 8 heteroatoms. The van der Waals surface area contributed by atoms with Gasteiger partial charge in [0, 0.05) is 28.4 Å². The fraction of sp³-hybridized carbons (Fsp3) is 0.238. The van der Waals surface area contributed by atoms with Gasteiger partial charge in [-0.05, 0) is 24.3 Å². The van der Waals surface area contributed by atoms with Crippen LogP contribution in [0.25, 0.3) is 10.9 Å². The zero-order chi connectivity index (χ0) is 20.4. The van der Waals surface area contributed by atoms with Crippen LogP contribution in [0.2, 0.25) is 5.02 Å². The van der Waals surface area contributed by atoms with Gasteiger partial charge in [0.05, 0.1) is 17.8 Å². The molecule has 0 spiro atoms. The van der Waals surface area contributed by atoms with E-state index in [0.717, 1.165) is 15.8 Å². The highest BCUT2D eigenvalue weighted by Gasteiger charge is 2.21. The molecule has 0 saturated carbocycles. The van der Waals surface area contributed by atoms with Crippen LogP contribution in [0.1, 0.15) is 0 Å². The smallest absolute Gasteiger partial charge is 0.251 e. The van der Waals surface area contributed by atoms with Crippen LogP contribution in [-0.4, -0.2) is 35.5 Å². The van der Waals surface area contributed by atoms with Gasteiger partial charge in [-0.3, -0.25) is 9.59 Å². The van der Waals surface area contributed by atoms with E-state index in [0.29, 0.717) is 29.7 Å². The molecule has 1 N–H and O–H groups in total. The van der Waals surface area contributed by atoms with E-state index >= 15 is 0 Å². The third kappa shape index (κ3) is 4.36. The molecule has 1 amide bonds. The number of aryl methyl sites for hydroxylation is 1. The van der Waals surface area contributed by atoms with E-state index < -0.39 is 0 Å². The molecule has 1 aliphatic heterocycles. The highest BCUT2D eigenvalue weighted by molar-refractivity contribution is 8.00. The lowest BCUT2D eigenvalue weighted by Crippen LogP contribution is -2.41. The number of halogens is 1. The first-order valence-electron chi connectivity index (χ1n) is 9.08. The quantitative estimate of drug-likeness (QED) is 0.629. The number of benzene rings is 2. The molecule has 0 unspecified atom stereocenters. The van der Waals surface area contributed by atoms with Crippen LogP contribution in [0.4, 0.5) is 0 Å². The Morgan fingerprint density at radius 2 is 2.03 bits per heavy atom. The molecule has 6 nitrogen and oxygen atoms in total. The van der Waals surface area contributed by atoms with E-state index in [-0.39, 0.29) is 23.3 Å². The zero-order valence-corrected chi connectivity index (χ0v) is 17.3. The second-order valence-corrected chi connectivity index (χ2v) is 8.11. The van der Waals surface area contributed by atoms with Crippen LogP contribution in [-0.2, 0) is 11.8 Å². The van der Waals surface area contributed by atoms with Gasteiger partial charge in [0.25, 0.3) is 5.56 Å². The summed E-state index contributed by atoms with van der Waals surface area (Å²) in [5.74, 6) is 1.44. The summed E-state index contributed by atoms with van der Waals surface area (Å²) in [6.07, 6.45) is -0.245. The zero-order valence-electron chi connectivity index (χ0n) is 15.7. The molecule has 0 bridgehead atoms. The molecule has 2 heterocycles. The number of fused-ring (bicyclic) bond motifs is 2. The largest absolute Gasteiger partial charge is 0.486 e. The lowest BCUT2D eigenvalue weighted by atomic mass is 10.2. The normalized spacial score (nSPS) is 15.3. The number of carbonyl (C=O) groups excluding carboxylic acids is 1. The number of rotatable bonds is 5. The maximum atomic E-state index is 12.3. The highest BCUT2D eigenvalue weighted by Crippen LogP contribution is 2.31. The lowest BCUT2D eigenvalue weighted by Gasteiger charge is -2.26. The van der Waals surface area contributed by atoms with Crippen molar-refractivity contribution >= 4 is 40.2 Å². The maximum absolute atomic E-state index is 12.3. The van der Waals surface area contributed by atoms with Gasteiger partial charge in [0.2, 0.25) is 5.91 Å². The summed E-state index contributed by atoms with van der Waals surface area (Å²) in [6.45, 7) is 0.727. The van der Waals surface area contributed by atoms with Crippen molar-refractivity contribution in [3.05, 3.63) is 63.9 Å². The van der Waals surface area contributed by atoms with Crippen LogP contribution in [0.3, 0.4) is 0 Å². The van der Waals surface area contributed by atoms with E-state index in [4.69, 9.17) is 21.1 Å². The Balaban J connectivity index is 1.37. The minimum Gasteiger partial charge on any atom is -0.486 e. The van der Waals surface area contributed by atoms with Crippen molar-refractivity contribution < 1.29 is 14.3 Å². The van der Waals surface area contributed by atoms with Gasteiger partial charge in [-0.1, -0.05) is 29.8 Å². The number of thioether (sulfide) groups is 1. The first-order chi connectivity index (χ1) is 14.0. The Hall–Kier alpha value is -2.64. The fourth-order valence-corrected chi connectivity index (χ4v) is 4.17. The monoisotopic (exact) mass is 430 g/mol. The van der Waals surface area contributed by atoms with Gasteiger partial charge in [0.15, 0.2) is 11.5 Å². The number of pyridine rings is 1. The summed E-state index contributed by atoms with van der Waals surface area (Å²) < 4.78 is 13.0. The molecular formula is C21H19ClN2O4S. The van der Waals surface area contributed by atoms with Crippen molar-refractivity contribution in [1.29, 1.82) is 0 Å². The predicted octanol–water partition coefficient (Wildman–Crippen LogP) is 3.24. The topological polar surface area (TPSA) is 69.6 Å². The molecule has 1 aliphatic rings. The summed E-state index contributed by atoms with van der Waals surface area (Å²) >= 11 is 7.38. The van der Waals surface area contributed by atoms with Crippen molar-refractivity contribution in [1.82, 2.24) is 9.88 Å². The average Bonchev–Trinajstić information content (AvgIpc) is 2.73. The van der Waals surface area contributed by atoms with E-state index in [1.165, 1.54) is 11.8 Å². The minimum absolute atomic E-state index is 0.139. The van der Waals surface area contributed by atoms with Crippen LogP contribution < -0.4 is 20.3 Å². The minimum atomic E-state index is -0.245. The Bertz CT molecular complexity index is 1130. The van der Waals surface area contributed by atoms with Crippen LogP contribution in [0.15, 0.2) is 58.2 Å². The Morgan fingerprint density at radius 3 is 2.86 bits per heavy atom. The Kier molecular flexibility index (Phi) is 5.69. The molecule has 4 rings (SSSR count).